The molecule has 0 spiro atoms. The highest BCUT2D eigenvalue weighted by Crippen LogP contribution is 2.40. The molecule has 1 amide bonds. The summed E-state index contributed by atoms with van der Waals surface area (Å²) in [6, 6.07) is 12.7. The third kappa shape index (κ3) is 7.60. The molecule has 1 aromatic heterocycles. The quantitative estimate of drug-likeness (QED) is 0.144. The summed E-state index contributed by atoms with van der Waals surface area (Å²) in [6.07, 6.45) is 6.32. The fourth-order valence-electron chi connectivity index (χ4n) is 3.76. The summed E-state index contributed by atoms with van der Waals surface area (Å²) in [5, 5.41) is 3.88. The van der Waals surface area contributed by atoms with Gasteiger partial charge in [0.05, 0.1) is 20.3 Å². The van der Waals surface area contributed by atoms with Gasteiger partial charge in [0, 0.05) is 21.5 Å². The number of anilines is 1. The third-order valence-electron chi connectivity index (χ3n) is 5.55. The van der Waals surface area contributed by atoms with E-state index in [2.05, 4.69) is 12.2 Å². The summed E-state index contributed by atoms with van der Waals surface area (Å²) in [5.74, 6) is 0.414. The molecule has 0 aliphatic carbocycles. The number of hydrogen-bond acceptors (Lipinski definition) is 6. The first-order chi connectivity index (χ1) is 17.9. The molecule has 1 N–H and O–H groups in total. The van der Waals surface area contributed by atoms with Gasteiger partial charge in [0.2, 0.25) is 5.91 Å². The lowest BCUT2D eigenvalue weighted by atomic mass is 10.0. The number of nitrogens with one attached hydrogen (secondary N) is 1. The van der Waals surface area contributed by atoms with Crippen molar-refractivity contribution in [1.82, 2.24) is 0 Å². The average Bonchev–Trinajstić information content (AvgIpc) is 3.21. The van der Waals surface area contributed by atoms with Crippen LogP contribution in [-0.4, -0.2) is 32.2 Å². The van der Waals surface area contributed by atoms with E-state index < -0.39 is 5.97 Å². The Kier molecular flexibility index (Phi) is 10.6. The normalized spacial score (nSPS) is 10.9. The molecule has 0 aliphatic rings. The van der Waals surface area contributed by atoms with Gasteiger partial charge in [0.25, 0.3) is 0 Å². The lowest BCUT2D eigenvalue weighted by molar-refractivity contribution is -0.111. The Morgan fingerprint density at radius 3 is 2.49 bits per heavy atom. The van der Waals surface area contributed by atoms with E-state index in [1.807, 2.05) is 37.3 Å². The second-order valence-electron chi connectivity index (χ2n) is 8.25. The van der Waals surface area contributed by atoms with Gasteiger partial charge in [-0.1, -0.05) is 49.6 Å². The monoisotopic (exact) mass is 541 g/mol. The zero-order valence-corrected chi connectivity index (χ0v) is 23.1. The number of halogens is 1. The molecule has 3 rings (SSSR count). The predicted octanol–water partition coefficient (Wildman–Crippen LogP) is 7.78. The van der Waals surface area contributed by atoms with E-state index in [-0.39, 0.29) is 12.5 Å². The van der Waals surface area contributed by atoms with E-state index >= 15 is 0 Å². The highest BCUT2D eigenvalue weighted by atomic mass is 35.5. The molecular formula is C29H32ClNO5S. The van der Waals surface area contributed by atoms with E-state index in [4.69, 9.17) is 25.8 Å². The molecule has 0 unspecified atom stereocenters. The van der Waals surface area contributed by atoms with Crippen LogP contribution in [0.5, 0.6) is 11.5 Å². The number of aryl methyl sites for hydroxylation is 1. The maximum Gasteiger partial charge on any atom is 0.341 e. The number of benzene rings is 2. The number of esters is 1. The SMILES string of the molecule is CCCCCOc1ccc(/C=C/C(=O)Nc2sc(C)c(-c3ccc(Cl)cc3)c2C(=O)OCC)cc1OC. The van der Waals surface area contributed by atoms with Crippen molar-refractivity contribution in [3.63, 3.8) is 0 Å². The van der Waals surface area contributed by atoms with Gasteiger partial charge in [-0.15, -0.1) is 11.3 Å². The van der Waals surface area contributed by atoms with E-state index in [0.29, 0.717) is 33.7 Å². The molecule has 0 saturated carbocycles. The van der Waals surface area contributed by atoms with Crippen LogP contribution in [0, 0.1) is 6.92 Å². The van der Waals surface area contributed by atoms with E-state index in [0.717, 1.165) is 40.8 Å². The topological polar surface area (TPSA) is 73.9 Å². The molecule has 0 saturated heterocycles. The second-order valence-corrected chi connectivity index (χ2v) is 9.91. The van der Waals surface area contributed by atoms with Crippen molar-refractivity contribution in [1.29, 1.82) is 0 Å². The van der Waals surface area contributed by atoms with Crippen LogP contribution in [0.3, 0.4) is 0 Å². The van der Waals surface area contributed by atoms with Crippen molar-refractivity contribution in [2.24, 2.45) is 0 Å². The molecule has 3 aromatic rings. The summed E-state index contributed by atoms with van der Waals surface area (Å²) in [6.45, 7) is 6.65. The van der Waals surface area contributed by atoms with Gasteiger partial charge in [0.15, 0.2) is 11.5 Å². The second kappa shape index (κ2) is 13.9. The van der Waals surface area contributed by atoms with Crippen LogP contribution < -0.4 is 14.8 Å². The molecular weight excluding hydrogens is 510 g/mol. The lowest BCUT2D eigenvalue weighted by Crippen LogP contribution is -2.12. The first-order valence-electron chi connectivity index (χ1n) is 12.2. The fraction of sp³-hybridized carbons (Fsp3) is 0.310. The average molecular weight is 542 g/mol. The highest BCUT2D eigenvalue weighted by molar-refractivity contribution is 7.17. The number of hydrogen-bond donors (Lipinski definition) is 1. The van der Waals surface area contributed by atoms with E-state index in [1.54, 1.807) is 32.2 Å². The number of rotatable bonds is 12. The number of carbonyl (C=O) groups is 2. The van der Waals surface area contributed by atoms with Gasteiger partial charge >= 0.3 is 5.97 Å². The number of carbonyl (C=O) groups excluding carboxylic acids is 2. The van der Waals surface area contributed by atoms with Crippen molar-refractivity contribution in [2.45, 2.75) is 40.0 Å². The first-order valence-corrected chi connectivity index (χ1v) is 13.4. The molecule has 0 atom stereocenters. The molecule has 8 heteroatoms. The van der Waals surface area contributed by atoms with Gasteiger partial charge in [-0.3, -0.25) is 4.79 Å². The molecule has 37 heavy (non-hydrogen) atoms. The minimum atomic E-state index is -0.490. The molecule has 0 bridgehead atoms. The smallest absolute Gasteiger partial charge is 0.341 e. The molecule has 0 radical (unpaired) electrons. The Hall–Kier alpha value is -3.29. The molecule has 0 aliphatic heterocycles. The van der Waals surface area contributed by atoms with Gasteiger partial charge < -0.3 is 19.5 Å². The van der Waals surface area contributed by atoms with E-state index in [9.17, 15) is 9.59 Å². The number of amides is 1. The van der Waals surface area contributed by atoms with Crippen LogP contribution in [0.4, 0.5) is 5.00 Å². The summed E-state index contributed by atoms with van der Waals surface area (Å²) < 4.78 is 16.6. The minimum Gasteiger partial charge on any atom is -0.493 e. The van der Waals surface area contributed by atoms with Crippen LogP contribution in [0.15, 0.2) is 48.5 Å². The minimum absolute atomic E-state index is 0.223. The summed E-state index contributed by atoms with van der Waals surface area (Å²) >= 11 is 7.37. The Morgan fingerprint density at radius 1 is 1.05 bits per heavy atom. The van der Waals surface area contributed by atoms with Crippen molar-refractivity contribution >= 4 is 45.9 Å². The maximum atomic E-state index is 12.9. The lowest BCUT2D eigenvalue weighted by Gasteiger charge is -2.11. The van der Waals surface area contributed by atoms with Crippen LogP contribution in [0.2, 0.25) is 5.02 Å². The zero-order chi connectivity index (χ0) is 26.8. The van der Waals surface area contributed by atoms with Gasteiger partial charge in [-0.05, 0) is 61.7 Å². The molecule has 6 nitrogen and oxygen atoms in total. The van der Waals surface area contributed by atoms with Crippen molar-refractivity contribution in [2.75, 3.05) is 25.6 Å². The summed E-state index contributed by atoms with van der Waals surface area (Å²) in [4.78, 5) is 26.6. The Balaban J connectivity index is 1.80. The van der Waals surface area contributed by atoms with Gasteiger partial charge in [-0.25, -0.2) is 4.79 Å². The van der Waals surface area contributed by atoms with Crippen LogP contribution in [0.25, 0.3) is 17.2 Å². The number of thiophene rings is 1. The number of ether oxygens (including phenoxy) is 3. The Labute approximate surface area is 227 Å². The van der Waals surface area contributed by atoms with Crippen molar-refractivity contribution in [3.05, 3.63) is 69.6 Å². The van der Waals surface area contributed by atoms with Gasteiger partial charge in [0.1, 0.15) is 10.6 Å². The molecule has 196 valence electrons. The Bertz CT molecular complexity index is 1250. The molecule has 1 heterocycles. The van der Waals surface area contributed by atoms with Crippen molar-refractivity contribution in [3.8, 4) is 22.6 Å². The fourth-order valence-corrected chi connectivity index (χ4v) is 4.95. The van der Waals surface area contributed by atoms with Crippen LogP contribution >= 0.6 is 22.9 Å². The van der Waals surface area contributed by atoms with Crippen molar-refractivity contribution < 1.29 is 23.8 Å². The standard InChI is InChI=1S/C29H32ClNO5S/c1-5-7-8-17-36-23-15-9-20(18-24(23)34-4)10-16-25(32)31-28-27(29(33)35-6-2)26(19(3)37-28)21-11-13-22(30)14-12-21/h9-16,18H,5-8,17H2,1-4H3,(H,31,32)/b16-10+. The zero-order valence-electron chi connectivity index (χ0n) is 21.6. The Morgan fingerprint density at radius 2 is 1.81 bits per heavy atom. The predicted molar refractivity (Wildman–Crippen MR) is 151 cm³/mol. The van der Waals surface area contributed by atoms with Crippen LogP contribution in [-0.2, 0) is 9.53 Å². The maximum absolute atomic E-state index is 12.9. The summed E-state index contributed by atoms with van der Waals surface area (Å²) in [7, 11) is 1.59. The van der Waals surface area contributed by atoms with E-state index in [1.165, 1.54) is 17.4 Å². The number of methoxy groups -OCH3 is 1. The van der Waals surface area contributed by atoms with Crippen LogP contribution in [0.1, 0.15) is 53.9 Å². The molecule has 0 fully saturated rings. The van der Waals surface area contributed by atoms with Gasteiger partial charge in [-0.2, -0.15) is 0 Å². The molecule has 2 aromatic carbocycles. The number of unbranched alkanes of at least 4 members (excludes halogenated alkanes) is 2. The highest BCUT2D eigenvalue weighted by Gasteiger charge is 2.25. The largest absolute Gasteiger partial charge is 0.493 e. The third-order valence-corrected chi connectivity index (χ3v) is 6.83. The summed E-state index contributed by atoms with van der Waals surface area (Å²) in [5.41, 5.74) is 2.66. The first kappa shape index (κ1) is 28.3.